The third-order valence-corrected chi connectivity index (χ3v) is 3.81. The minimum absolute atomic E-state index is 0.537. The molecule has 1 nitrogen and oxygen atoms in total. The minimum atomic E-state index is 0.537. The molecule has 15 heavy (non-hydrogen) atoms. The van der Waals surface area contributed by atoms with Crippen molar-refractivity contribution in [2.45, 2.75) is 32.2 Å². The molecule has 0 bridgehead atoms. The number of halogens is 1. The van der Waals surface area contributed by atoms with Gasteiger partial charge in [0.15, 0.2) is 0 Å². The summed E-state index contributed by atoms with van der Waals surface area (Å²) in [6, 6.07) is 7.24. The predicted octanol–water partition coefficient (Wildman–Crippen LogP) is 3.82. The van der Waals surface area contributed by atoms with Crippen molar-refractivity contribution in [1.29, 1.82) is 0 Å². The van der Waals surface area contributed by atoms with E-state index in [1.807, 2.05) is 0 Å². The molecule has 1 aromatic rings. The Morgan fingerprint density at radius 1 is 1.33 bits per heavy atom. The summed E-state index contributed by atoms with van der Waals surface area (Å²) in [6.45, 7) is 2.15. The fraction of sp³-hybridized carbons (Fsp3) is 0.538. The van der Waals surface area contributed by atoms with Gasteiger partial charge in [-0.25, -0.2) is 0 Å². The fourth-order valence-corrected chi connectivity index (χ4v) is 3.02. The van der Waals surface area contributed by atoms with Gasteiger partial charge in [-0.05, 0) is 56.0 Å². The van der Waals surface area contributed by atoms with Crippen molar-refractivity contribution in [3.8, 4) is 0 Å². The Balaban J connectivity index is 2.24. The van der Waals surface area contributed by atoms with E-state index in [1.165, 1.54) is 34.9 Å². The van der Waals surface area contributed by atoms with Crippen LogP contribution in [0.15, 0.2) is 22.7 Å². The van der Waals surface area contributed by atoms with Crippen LogP contribution in [-0.2, 0) is 0 Å². The lowest BCUT2D eigenvalue weighted by molar-refractivity contribution is 0.239. The molecule has 0 heterocycles. The van der Waals surface area contributed by atoms with Crippen LogP contribution in [0, 0.1) is 12.8 Å². The minimum Gasteiger partial charge on any atom is -0.313 e. The number of hydrogen-bond donors (Lipinski definition) is 1. The summed E-state index contributed by atoms with van der Waals surface area (Å²) in [4.78, 5) is 0. The molecule has 82 valence electrons. The van der Waals surface area contributed by atoms with E-state index in [-0.39, 0.29) is 0 Å². The zero-order valence-corrected chi connectivity index (χ0v) is 11.0. The summed E-state index contributed by atoms with van der Waals surface area (Å²) in [5.41, 5.74) is 2.76. The maximum Gasteiger partial charge on any atom is 0.0346 e. The average Bonchev–Trinajstić information content (AvgIpc) is 2.08. The average molecular weight is 268 g/mol. The van der Waals surface area contributed by atoms with Crippen molar-refractivity contribution in [3.05, 3.63) is 33.8 Å². The van der Waals surface area contributed by atoms with Crippen LogP contribution >= 0.6 is 15.9 Å². The van der Waals surface area contributed by atoms with Crippen molar-refractivity contribution in [1.82, 2.24) is 5.32 Å². The van der Waals surface area contributed by atoms with Gasteiger partial charge in [0.25, 0.3) is 0 Å². The quantitative estimate of drug-likeness (QED) is 0.878. The topological polar surface area (TPSA) is 12.0 Å². The number of rotatable bonds is 3. The molecular formula is C13H18BrN. The number of hydrogen-bond acceptors (Lipinski definition) is 1. The van der Waals surface area contributed by atoms with E-state index < -0.39 is 0 Å². The molecule has 0 saturated heterocycles. The van der Waals surface area contributed by atoms with E-state index >= 15 is 0 Å². The Labute approximate surface area is 100 Å². The highest BCUT2D eigenvalue weighted by Crippen LogP contribution is 2.38. The number of benzene rings is 1. The van der Waals surface area contributed by atoms with Gasteiger partial charge in [-0.3, -0.25) is 0 Å². The molecule has 0 spiro atoms. The second kappa shape index (κ2) is 4.67. The lowest BCUT2D eigenvalue weighted by Gasteiger charge is -2.34. The van der Waals surface area contributed by atoms with Gasteiger partial charge in [0.05, 0.1) is 0 Å². The SMILES string of the molecule is CNC(c1cc(C)cc(Br)c1)C1CCC1. The van der Waals surface area contributed by atoms with Crippen molar-refractivity contribution in [2.75, 3.05) is 7.05 Å². The van der Waals surface area contributed by atoms with E-state index in [4.69, 9.17) is 0 Å². The maximum atomic E-state index is 3.57. The molecular weight excluding hydrogens is 250 g/mol. The first kappa shape index (κ1) is 11.2. The lowest BCUT2D eigenvalue weighted by atomic mass is 9.77. The zero-order chi connectivity index (χ0) is 10.8. The highest BCUT2D eigenvalue weighted by atomic mass is 79.9. The van der Waals surface area contributed by atoms with Gasteiger partial charge in [0.2, 0.25) is 0 Å². The molecule has 2 rings (SSSR count). The monoisotopic (exact) mass is 267 g/mol. The molecule has 2 heteroatoms. The van der Waals surface area contributed by atoms with Gasteiger partial charge < -0.3 is 5.32 Å². The standard InChI is InChI=1S/C13H18BrN/c1-9-6-11(8-12(14)7-9)13(15-2)10-4-3-5-10/h6-8,10,13,15H,3-5H2,1-2H3. The summed E-state index contributed by atoms with van der Waals surface area (Å²) in [5.74, 6) is 0.837. The summed E-state index contributed by atoms with van der Waals surface area (Å²) in [6.07, 6.45) is 4.14. The summed E-state index contributed by atoms with van der Waals surface area (Å²) in [7, 11) is 2.07. The third-order valence-electron chi connectivity index (χ3n) is 3.36. The van der Waals surface area contributed by atoms with Gasteiger partial charge in [0.1, 0.15) is 0 Å². The molecule has 0 aliphatic heterocycles. The van der Waals surface area contributed by atoms with Crippen molar-refractivity contribution < 1.29 is 0 Å². The van der Waals surface area contributed by atoms with Crippen LogP contribution < -0.4 is 5.32 Å². The van der Waals surface area contributed by atoms with Crippen LogP contribution in [0.5, 0.6) is 0 Å². The normalized spacial score (nSPS) is 18.6. The van der Waals surface area contributed by atoms with E-state index in [0.717, 1.165) is 5.92 Å². The van der Waals surface area contributed by atoms with E-state index in [0.29, 0.717) is 6.04 Å². The molecule has 1 aliphatic carbocycles. The van der Waals surface area contributed by atoms with Crippen LogP contribution in [0.4, 0.5) is 0 Å². The van der Waals surface area contributed by atoms with Crippen LogP contribution in [-0.4, -0.2) is 7.05 Å². The van der Waals surface area contributed by atoms with Crippen LogP contribution in [0.25, 0.3) is 0 Å². The maximum absolute atomic E-state index is 3.57. The van der Waals surface area contributed by atoms with Crippen LogP contribution in [0.2, 0.25) is 0 Å². The highest BCUT2D eigenvalue weighted by molar-refractivity contribution is 9.10. The fourth-order valence-electron chi connectivity index (χ4n) is 2.39. The molecule has 0 amide bonds. The Morgan fingerprint density at radius 3 is 2.53 bits per heavy atom. The smallest absolute Gasteiger partial charge is 0.0346 e. The van der Waals surface area contributed by atoms with Gasteiger partial charge in [-0.15, -0.1) is 0 Å². The van der Waals surface area contributed by atoms with Gasteiger partial charge >= 0.3 is 0 Å². The molecule has 1 fully saturated rings. The largest absolute Gasteiger partial charge is 0.313 e. The summed E-state index contributed by atoms with van der Waals surface area (Å²) in [5, 5.41) is 3.45. The molecule has 1 aromatic carbocycles. The number of nitrogens with one attached hydrogen (secondary N) is 1. The second-order valence-corrected chi connectivity index (χ2v) is 5.43. The first-order valence-corrected chi connectivity index (χ1v) is 6.44. The van der Waals surface area contributed by atoms with Crippen molar-refractivity contribution >= 4 is 15.9 Å². The van der Waals surface area contributed by atoms with Gasteiger partial charge in [-0.2, -0.15) is 0 Å². The lowest BCUT2D eigenvalue weighted by Crippen LogP contribution is -2.29. The van der Waals surface area contributed by atoms with Crippen molar-refractivity contribution in [2.24, 2.45) is 5.92 Å². The third kappa shape index (κ3) is 2.43. The molecule has 0 radical (unpaired) electrons. The van der Waals surface area contributed by atoms with Gasteiger partial charge in [0, 0.05) is 10.5 Å². The van der Waals surface area contributed by atoms with Crippen LogP contribution in [0.3, 0.4) is 0 Å². The molecule has 1 aliphatic rings. The summed E-state index contributed by atoms with van der Waals surface area (Å²) < 4.78 is 1.19. The highest BCUT2D eigenvalue weighted by Gasteiger charge is 2.27. The Morgan fingerprint density at radius 2 is 2.07 bits per heavy atom. The first-order chi connectivity index (χ1) is 7.20. The Hall–Kier alpha value is -0.340. The van der Waals surface area contributed by atoms with Crippen molar-refractivity contribution in [3.63, 3.8) is 0 Å². The Bertz CT molecular complexity index is 324. The van der Waals surface area contributed by atoms with E-state index in [1.54, 1.807) is 0 Å². The molecule has 0 aromatic heterocycles. The van der Waals surface area contributed by atoms with E-state index in [2.05, 4.69) is 53.4 Å². The first-order valence-electron chi connectivity index (χ1n) is 5.65. The molecule has 1 unspecified atom stereocenters. The summed E-state index contributed by atoms with van der Waals surface area (Å²) >= 11 is 3.57. The molecule has 1 atom stereocenters. The second-order valence-electron chi connectivity index (χ2n) is 4.52. The molecule has 1 saturated carbocycles. The predicted molar refractivity (Wildman–Crippen MR) is 68.0 cm³/mol. The van der Waals surface area contributed by atoms with Gasteiger partial charge in [-0.1, -0.05) is 28.4 Å². The van der Waals surface area contributed by atoms with E-state index in [9.17, 15) is 0 Å². The zero-order valence-electron chi connectivity index (χ0n) is 9.39. The molecule has 1 N–H and O–H groups in total. The number of aryl methyl sites for hydroxylation is 1. The Kier molecular flexibility index (Phi) is 3.47. The van der Waals surface area contributed by atoms with Crippen LogP contribution in [0.1, 0.15) is 36.4 Å².